The number of benzene rings is 1. The molecule has 0 atom stereocenters. The highest BCUT2D eigenvalue weighted by molar-refractivity contribution is 14.0. The van der Waals surface area contributed by atoms with E-state index in [1.54, 1.807) is 4.90 Å². The van der Waals surface area contributed by atoms with E-state index < -0.39 is 0 Å². The van der Waals surface area contributed by atoms with Gasteiger partial charge in [0.2, 0.25) is 0 Å². The fourth-order valence-electron chi connectivity index (χ4n) is 3.26. The van der Waals surface area contributed by atoms with Gasteiger partial charge in [0.1, 0.15) is 0 Å². The molecule has 7 nitrogen and oxygen atoms in total. The van der Waals surface area contributed by atoms with Gasteiger partial charge in [-0.1, -0.05) is 12.1 Å². The summed E-state index contributed by atoms with van der Waals surface area (Å²) in [6.07, 6.45) is 1.46. The first-order valence-electron chi connectivity index (χ1n) is 9.83. The molecular formula is C20H34IN5O2. The minimum atomic E-state index is -0.228. The van der Waals surface area contributed by atoms with Crippen molar-refractivity contribution in [2.75, 3.05) is 44.2 Å². The third kappa shape index (κ3) is 7.73. The van der Waals surface area contributed by atoms with Gasteiger partial charge in [0, 0.05) is 37.9 Å². The first-order valence-corrected chi connectivity index (χ1v) is 9.83. The Bertz CT molecular complexity index is 633. The average Bonchev–Trinajstić information content (AvgIpc) is 2.66. The molecular weight excluding hydrogens is 469 g/mol. The van der Waals surface area contributed by atoms with Gasteiger partial charge >= 0.3 is 6.09 Å². The molecule has 3 N–H and O–H groups in total. The molecule has 1 saturated heterocycles. The lowest BCUT2D eigenvalue weighted by atomic mass is 10.1. The highest BCUT2D eigenvalue weighted by atomic mass is 127. The monoisotopic (exact) mass is 503 g/mol. The number of nitrogens with zero attached hydrogens (tertiary/aromatic N) is 3. The molecule has 28 heavy (non-hydrogen) atoms. The fourth-order valence-corrected chi connectivity index (χ4v) is 3.26. The number of hydrogen-bond acceptors (Lipinski definition) is 4. The number of amides is 1. The average molecular weight is 503 g/mol. The Morgan fingerprint density at radius 1 is 1.36 bits per heavy atom. The molecule has 8 heteroatoms. The number of rotatable bonds is 7. The maximum Gasteiger partial charge on any atom is 0.409 e. The van der Waals surface area contributed by atoms with Crippen LogP contribution in [0.25, 0.3) is 0 Å². The number of likely N-dealkylation sites (tertiary alicyclic amines) is 1. The standard InChI is InChI=1S/C20H33N5O2.HI/c1-4-24(18-8-6-7-16(3)15-18)14-11-22-19(21)23-17-9-12-25(13-10-17)20(26)27-5-2;/h6-8,15,17H,4-5,9-14H2,1-3H3,(H3,21,22,23);1H. The van der Waals surface area contributed by atoms with Crippen molar-refractivity contribution in [1.29, 1.82) is 0 Å². The van der Waals surface area contributed by atoms with Crippen molar-refractivity contribution in [3.8, 4) is 0 Å². The zero-order chi connectivity index (χ0) is 19.6. The van der Waals surface area contributed by atoms with Crippen LogP contribution in [0.3, 0.4) is 0 Å². The van der Waals surface area contributed by atoms with E-state index in [4.69, 9.17) is 10.5 Å². The summed E-state index contributed by atoms with van der Waals surface area (Å²) < 4.78 is 5.04. The number of carbonyl (C=O) groups is 1. The lowest BCUT2D eigenvalue weighted by molar-refractivity contribution is 0.0963. The van der Waals surface area contributed by atoms with E-state index in [1.807, 2.05) is 6.92 Å². The number of aliphatic imine (C=N–C) groups is 1. The van der Waals surface area contributed by atoms with Gasteiger partial charge in [-0.3, -0.25) is 4.99 Å². The fraction of sp³-hybridized carbons (Fsp3) is 0.600. The number of anilines is 1. The van der Waals surface area contributed by atoms with Crippen LogP contribution in [0.4, 0.5) is 10.5 Å². The smallest absolute Gasteiger partial charge is 0.409 e. The van der Waals surface area contributed by atoms with E-state index in [1.165, 1.54) is 11.3 Å². The molecule has 1 aliphatic rings. The second kappa shape index (κ2) is 12.7. The molecule has 1 aromatic rings. The van der Waals surface area contributed by atoms with Crippen LogP contribution < -0.4 is 16.0 Å². The molecule has 158 valence electrons. The van der Waals surface area contributed by atoms with Crippen molar-refractivity contribution in [2.24, 2.45) is 10.7 Å². The van der Waals surface area contributed by atoms with E-state index in [-0.39, 0.29) is 36.1 Å². The van der Waals surface area contributed by atoms with Crippen LogP contribution >= 0.6 is 24.0 Å². The lowest BCUT2D eigenvalue weighted by Crippen LogP contribution is -2.48. The lowest BCUT2D eigenvalue weighted by Gasteiger charge is -2.31. The van der Waals surface area contributed by atoms with Crippen molar-refractivity contribution in [3.05, 3.63) is 29.8 Å². The summed E-state index contributed by atoms with van der Waals surface area (Å²) in [4.78, 5) is 20.2. The second-order valence-electron chi connectivity index (χ2n) is 6.79. The number of aryl methyl sites for hydroxylation is 1. The van der Waals surface area contributed by atoms with Crippen LogP contribution in [-0.2, 0) is 4.74 Å². The zero-order valence-electron chi connectivity index (χ0n) is 17.2. The number of nitrogens with two attached hydrogens (primary N) is 1. The molecule has 0 radical (unpaired) electrons. The normalized spacial score (nSPS) is 15.0. The van der Waals surface area contributed by atoms with Gasteiger partial charge in [-0.05, 0) is 51.3 Å². The van der Waals surface area contributed by atoms with Gasteiger partial charge in [0.15, 0.2) is 5.96 Å². The maximum atomic E-state index is 11.7. The molecule has 0 aliphatic carbocycles. The number of carbonyl (C=O) groups excluding carboxylic acids is 1. The zero-order valence-corrected chi connectivity index (χ0v) is 19.5. The van der Waals surface area contributed by atoms with Gasteiger partial charge in [-0.2, -0.15) is 0 Å². The SMILES string of the molecule is CCOC(=O)N1CCC(NC(N)=NCCN(CC)c2cccc(C)c2)CC1.I. The number of ether oxygens (including phenoxy) is 1. The molecule has 1 aromatic carbocycles. The summed E-state index contributed by atoms with van der Waals surface area (Å²) in [5, 5.41) is 3.28. The number of likely N-dealkylation sites (N-methyl/N-ethyl adjacent to an activating group) is 1. The molecule has 1 heterocycles. The Hall–Kier alpha value is -1.71. The van der Waals surface area contributed by atoms with Gasteiger partial charge < -0.3 is 25.6 Å². The van der Waals surface area contributed by atoms with Crippen LogP contribution in [0.2, 0.25) is 0 Å². The first kappa shape index (κ1) is 24.3. The van der Waals surface area contributed by atoms with Crippen LogP contribution in [0.1, 0.15) is 32.3 Å². The van der Waals surface area contributed by atoms with Crippen LogP contribution in [0, 0.1) is 6.92 Å². The maximum absolute atomic E-state index is 11.7. The Morgan fingerprint density at radius 3 is 2.68 bits per heavy atom. The molecule has 1 fully saturated rings. The first-order chi connectivity index (χ1) is 13.0. The van der Waals surface area contributed by atoms with Gasteiger partial charge in [0.05, 0.1) is 13.2 Å². The van der Waals surface area contributed by atoms with E-state index >= 15 is 0 Å². The molecule has 0 bridgehead atoms. The molecule has 2 rings (SSSR count). The number of guanidine groups is 1. The van der Waals surface area contributed by atoms with Gasteiger partial charge in [0.25, 0.3) is 0 Å². The minimum absolute atomic E-state index is 0. The van der Waals surface area contributed by atoms with E-state index in [0.717, 1.165) is 25.9 Å². The third-order valence-corrected chi connectivity index (χ3v) is 4.77. The largest absolute Gasteiger partial charge is 0.450 e. The summed E-state index contributed by atoms with van der Waals surface area (Å²) >= 11 is 0. The number of hydrogen-bond donors (Lipinski definition) is 2. The molecule has 0 unspecified atom stereocenters. The van der Waals surface area contributed by atoms with E-state index in [0.29, 0.717) is 32.2 Å². The van der Waals surface area contributed by atoms with Crippen molar-refractivity contribution in [3.63, 3.8) is 0 Å². The highest BCUT2D eigenvalue weighted by Crippen LogP contribution is 2.15. The number of piperidine rings is 1. The Labute approximate surface area is 185 Å². The summed E-state index contributed by atoms with van der Waals surface area (Å²) in [6.45, 7) is 10.2. The molecule has 1 aliphatic heterocycles. The highest BCUT2D eigenvalue weighted by Gasteiger charge is 2.23. The van der Waals surface area contributed by atoms with Crippen molar-refractivity contribution in [2.45, 2.75) is 39.7 Å². The number of halogens is 1. The van der Waals surface area contributed by atoms with E-state index in [2.05, 4.69) is 53.3 Å². The topological polar surface area (TPSA) is 83.2 Å². The summed E-state index contributed by atoms with van der Waals surface area (Å²) in [6, 6.07) is 8.74. The minimum Gasteiger partial charge on any atom is -0.450 e. The molecule has 0 aromatic heterocycles. The predicted octanol–water partition coefficient (Wildman–Crippen LogP) is 2.96. The van der Waals surface area contributed by atoms with Crippen molar-refractivity contribution < 1.29 is 9.53 Å². The van der Waals surface area contributed by atoms with Crippen LogP contribution in [0.15, 0.2) is 29.3 Å². The molecule has 0 spiro atoms. The second-order valence-corrected chi connectivity index (χ2v) is 6.79. The number of nitrogens with one attached hydrogen (secondary N) is 1. The molecule has 1 amide bonds. The quantitative estimate of drug-likeness (QED) is 0.340. The third-order valence-electron chi connectivity index (χ3n) is 4.77. The predicted molar refractivity (Wildman–Crippen MR) is 126 cm³/mol. The van der Waals surface area contributed by atoms with Crippen LogP contribution in [-0.4, -0.2) is 62.3 Å². The Kier molecular flexibility index (Phi) is 11.0. The summed E-state index contributed by atoms with van der Waals surface area (Å²) in [5.74, 6) is 0.477. The molecule has 0 saturated carbocycles. The summed E-state index contributed by atoms with van der Waals surface area (Å²) in [7, 11) is 0. The van der Waals surface area contributed by atoms with Crippen LogP contribution in [0.5, 0.6) is 0 Å². The Morgan fingerprint density at radius 2 is 2.07 bits per heavy atom. The van der Waals surface area contributed by atoms with Crippen molar-refractivity contribution in [1.82, 2.24) is 10.2 Å². The van der Waals surface area contributed by atoms with Gasteiger partial charge in [-0.15, -0.1) is 24.0 Å². The Balaban J connectivity index is 0.00000392. The van der Waals surface area contributed by atoms with Crippen molar-refractivity contribution >= 4 is 41.7 Å². The van der Waals surface area contributed by atoms with E-state index in [9.17, 15) is 4.79 Å². The van der Waals surface area contributed by atoms with Gasteiger partial charge in [-0.25, -0.2) is 4.79 Å². The summed E-state index contributed by atoms with van der Waals surface area (Å²) in [5.41, 5.74) is 8.52.